The third kappa shape index (κ3) is 8.45. The normalized spacial score (nSPS) is 16.2. The minimum Gasteiger partial charge on any atom is -0.492 e. The number of aromatic nitrogens is 2. The van der Waals surface area contributed by atoms with E-state index < -0.39 is 36.5 Å². The second-order valence-corrected chi connectivity index (χ2v) is 12.1. The Kier molecular flexibility index (Phi) is 10.0. The van der Waals surface area contributed by atoms with Crippen LogP contribution in [0.15, 0.2) is 72.8 Å². The van der Waals surface area contributed by atoms with E-state index in [0.29, 0.717) is 46.6 Å². The van der Waals surface area contributed by atoms with Crippen molar-refractivity contribution >= 4 is 28.1 Å². The van der Waals surface area contributed by atoms with Gasteiger partial charge in [-0.3, -0.25) is 0 Å². The number of carbonyl (C=O) groups excluding carboxylic acids is 1. The molecule has 244 valence electrons. The van der Waals surface area contributed by atoms with Gasteiger partial charge in [-0.2, -0.15) is 17.6 Å². The molecule has 1 saturated heterocycles. The average molecular weight is 640 g/mol. The first-order valence-corrected chi connectivity index (χ1v) is 15.2. The Labute approximate surface area is 265 Å². The fourth-order valence-electron chi connectivity index (χ4n) is 5.44. The van der Waals surface area contributed by atoms with Crippen molar-refractivity contribution in [1.29, 1.82) is 0 Å². The molecular formula is C35H37F4N3O4. The molecule has 1 fully saturated rings. The van der Waals surface area contributed by atoms with Gasteiger partial charge in [0.05, 0.1) is 23.9 Å². The standard InChI is InChI=1S/C35H37F4N3O4/c1-34(2,3)46-33(43)40-18-20-44-26-15-12-24(13-16-26)31(28(22-35(37,38)39)23-9-5-4-6-10-23)25-14-17-29-27(21-25)32(36)41-42(29)30-11-7-8-19-45-30/h4-6,9-10,12-17,21,30H,7-8,11,18-20,22H2,1-3H3,(H,40,43). The summed E-state index contributed by atoms with van der Waals surface area (Å²) < 4.78 is 75.9. The van der Waals surface area contributed by atoms with Crippen molar-refractivity contribution < 1.29 is 36.6 Å². The fraction of sp³-hybridized carbons (Fsp3) is 0.371. The van der Waals surface area contributed by atoms with E-state index in [9.17, 15) is 18.0 Å². The van der Waals surface area contributed by atoms with Crippen LogP contribution in [0.1, 0.15) is 69.4 Å². The number of alkyl carbamates (subject to hydrolysis) is 1. The topological polar surface area (TPSA) is 74.6 Å². The number of nitrogens with zero attached hydrogens (tertiary/aromatic N) is 2. The van der Waals surface area contributed by atoms with Crippen LogP contribution in [0.4, 0.5) is 22.4 Å². The summed E-state index contributed by atoms with van der Waals surface area (Å²) in [5.74, 6) is -0.257. The van der Waals surface area contributed by atoms with Crippen LogP contribution in [0, 0.1) is 5.95 Å². The Morgan fingerprint density at radius 3 is 2.35 bits per heavy atom. The smallest absolute Gasteiger partial charge is 0.407 e. The lowest BCUT2D eigenvalue weighted by Gasteiger charge is -2.23. The molecular weight excluding hydrogens is 602 g/mol. The van der Waals surface area contributed by atoms with Crippen molar-refractivity contribution in [3.63, 3.8) is 0 Å². The number of allylic oxidation sites excluding steroid dienone is 1. The van der Waals surface area contributed by atoms with Crippen LogP contribution in [0.25, 0.3) is 22.0 Å². The molecule has 1 aromatic heterocycles. The third-order valence-electron chi connectivity index (χ3n) is 7.36. The number of rotatable bonds is 9. The molecule has 4 aromatic rings. The molecule has 3 aromatic carbocycles. The molecule has 46 heavy (non-hydrogen) atoms. The number of fused-ring (bicyclic) bond motifs is 1. The maximum atomic E-state index is 15.3. The molecule has 1 aliphatic heterocycles. The van der Waals surface area contributed by atoms with Gasteiger partial charge in [0, 0.05) is 6.61 Å². The summed E-state index contributed by atoms with van der Waals surface area (Å²) in [6.07, 6.45) is -4.14. The van der Waals surface area contributed by atoms with E-state index in [1.807, 2.05) is 0 Å². The number of alkyl halides is 3. The predicted octanol–water partition coefficient (Wildman–Crippen LogP) is 8.69. The Bertz CT molecular complexity index is 1670. The van der Waals surface area contributed by atoms with E-state index in [0.717, 1.165) is 12.8 Å². The zero-order valence-electron chi connectivity index (χ0n) is 26.0. The first kappa shape index (κ1) is 33.0. The number of amides is 1. The van der Waals surface area contributed by atoms with Crippen molar-refractivity contribution in [3.05, 3.63) is 95.4 Å². The summed E-state index contributed by atoms with van der Waals surface area (Å²) in [6, 6.07) is 19.9. The molecule has 1 unspecified atom stereocenters. The molecule has 0 radical (unpaired) electrons. The summed E-state index contributed by atoms with van der Waals surface area (Å²) in [7, 11) is 0. The van der Waals surface area contributed by atoms with Crippen LogP contribution in [0.2, 0.25) is 0 Å². The largest absolute Gasteiger partial charge is 0.492 e. The summed E-state index contributed by atoms with van der Waals surface area (Å²) in [6.45, 7) is 6.18. The minimum absolute atomic E-state index is 0.0473. The van der Waals surface area contributed by atoms with Crippen LogP contribution in [-0.2, 0) is 9.47 Å². The molecule has 0 bridgehead atoms. The molecule has 7 nitrogen and oxygen atoms in total. The van der Waals surface area contributed by atoms with E-state index >= 15 is 4.39 Å². The second-order valence-electron chi connectivity index (χ2n) is 12.1. The van der Waals surface area contributed by atoms with Gasteiger partial charge in [0.1, 0.15) is 18.0 Å². The SMILES string of the molecule is CC(C)(C)OC(=O)NCCOc1ccc(C(=C(CC(F)(F)F)c2ccccc2)c2ccc3c(c2)c(F)nn3C2CCCCO2)cc1. The fourth-order valence-corrected chi connectivity index (χ4v) is 5.44. The van der Waals surface area contributed by atoms with Crippen LogP contribution in [-0.4, -0.2) is 47.4 Å². The monoisotopic (exact) mass is 639 g/mol. The van der Waals surface area contributed by atoms with Gasteiger partial charge in [0.15, 0.2) is 6.23 Å². The first-order valence-electron chi connectivity index (χ1n) is 15.2. The van der Waals surface area contributed by atoms with Gasteiger partial charge in [-0.05, 0) is 92.1 Å². The van der Waals surface area contributed by atoms with Crippen molar-refractivity contribution in [1.82, 2.24) is 15.1 Å². The Hall–Kier alpha value is -4.38. The number of hydrogen-bond acceptors (Lipinski definition) is 5. The number of benzene rings is 3. The number of ether oxygens (including phenoxy) is 3. The van der Waals surface area contributed by atoms with Crippen molar-refractivity contribution in [2.45, 2.75) is 64.5 Å². The summed E-state index contributed by atoms with van der Waals surface area (Å²) in [5, 5.41) is 6.91. The van der Waals surface area contributed by atoms with Crippen LogP contribution in [0.3, 0.4) is 0 Å². The van der Waals surface area contributed by atoms with E-state index in [4.69, 9.17) is 14.2 Å². The number of hydrogen-bond donors (Lipinski definition) is 1. The lowest BCUT2D eigenvalue weighted by Crippen LogP contribution is -2.34. The second kappa shape index (κ2) is 13.9. The van der Waals surface area contributed by atoms with Crippen LogP contribution < -0.4 is 10.1 Å². The summed E-state index contributed by atoms with van der Waals surface area (Å²) in [5.41, 5.74) is 1.54. The molecule has 0 spiro atoms. The van der Waals surface area contributed by atoms with Crippen molar-refractivity contribution in [3.8, 4) is 5.75 Å². The minimum atomic E-state index is -4.51. The zero-order valence-corrected chi connectivity index (χ0v) is 26.0. The van der Waals surface area contributed by atoms with Gasteiger partial charge in [-0.25, -0.2) is 9.48 Å². The highest BCUT2D eigenvalue weighted by atomic mass is 19.4. The molecule has 1 atom stereocenters. The Balaban J connectivity index is 1.50. The maximum Gasteiger partial charge on any atom is 0.407 e. The number of halogens is 4. The quantitative estimate of drug-likeness (QED) is 0.113. The van der Waals surface area contributed by atoms with Gasteiger partial charge in [0.2, 0.25) is 5.95 Å². The van der Waals surface area contributed by atoms with Crippen molar-refractivity contribution in [2.24, 2.45) is 0 Å². The molecule has 2 heterocycles. The highest BCUT2D eigenvalue weighted by Gasteiger charge is 2.32. The van der Waals surface area contributed by atoms with Gasteiger partial charge in [-0.1, -0.05) is 48.5 Å². The molecule has 0 aliphatic carbocycles. The maximum absolute atomic E-state index is 15.3. The van der Waals surface area contributed by atoms with Crippen LogP contribution in [0.5, 0.6) is 5.75 Å². The van der Waals surface area contributed by atoms with E-state index in [1.165, 1.54) is 4.68 Å². The Morgan fingerprint density at radius 2 is 1.70 bits per heavy atom. The first-order chi connectivity index (χ1) is 21.9. The van der Waals surface area contributed by atoms with E-state index in [2.05, 4.69) is 10.4 Å². The zero-order chi connectivity index (χ0) is 32.9. The molecule has 1 amide bonds. The average Bonchev–Trinajstić information content (AvgIpc) is 3.35. The lowest BCUT2D eigenvalue weighted by molar-refractivity contribution is -0.122. The lowest BCUT2D eigenvalue weighted by atomic mass is 9.87. The number of nitrogens with one attached hydrogen (secondary N) is 1. The molecule has 5 rings (SSSR count). The molecule has 0 saturated carbocycles. The van der Waals surface area contributed by atoms with Crippen LogP contribution >= 0.6 is 0 Å². The predicted molar refractivity (Wildman–Crippen MR) is 168 cm³/mol. The highest BCUT2D eigenvalue weighted by molar-refractivity contribution is 6.00. The molecule has 1 N–H and O–H groups in total. The number of carbonyl (C=O) groups is 1. The summed E-state index contributed by atoms with van der Waals surface area (Å²) >= 11 is 0. The van der Waals surface area contributed by atoms with Gasteiger partial charge < -0.3 is 19.5 Å². The van der Waals surface area contributed by atoms with Crippen molar-refractivity contribution in [2.75, 3.05) is 19.8 Å². The van der Waals surface area contributed by atoms with E-state index in [-0.39, 0.29) is 24.1 Å². The van der Waals surface area contributed by atoms with Gasteiger partial charge in [0.25, 0.3) is 0 Å². The van der Waals surface area contributed by atoms with Gasteiger partial charge >= 0.3 is 12.3 Å². The highest BCUT2D eigenvalue weighted by Crippen LogP contribution is 2.41. The Morgan fingerprint density at radius 1 is 0.978 bits per heavy atom. The third-order valence-corrected chi connectivity index (χ3v) is 7.36. The van der Waals surface area contributed by atoms with E-state index in [1.54, 1.807) is 93.6 Å². The molecule has 1 aliphatic rings. The molecule has 11 heteroatoms. The van der Waals surface area contributed by atoms with Gasteiger partial charge in [-0.15, -0.1) is 5.10 Å². The summed E-state index contributed by atoms with van der Waals surface area (Å²) in [4.78, 5) is 11.9.